The van der Waals surface area contributed by atoms with E-state index in [-0.39, 0.29) is 0 Å². The molecule has 5 heteroatoms. The molecule has 0 aliphatic carbocycles. The molecule has 0 unspecified atom stereocenters. The summed E-state index contributed by atoms with van der Waals surface area (Å²) < 4.78 is 11.7. The molecule has 0 aliphatic rings. The van der Waals surface area contributed by atoms with Crippen LogP contribution >= 0.6 is 15.9 Å². The van der Waals surface area contributed by atoms with Crippen molar-refractivity contribution in [3.05, 3.63) is 46.2 Å². The van der Waals surface area contributed by atoms with Crippen LogP contribution in [0.3, 0.4) is 0 Å². The van der Waals surface area contributed by atoms with Gasteiger partial charge in [-0.25, -0.2) is 0 Å². The van der Waals surface area contributed by atoms with Crippen molar-refractivity contribution in [2.45, 2.75) is 13.5 Å². The molecule has 0 saturated carbocycles. The van der Waals surface area contributed by atoms with E-state index in [1.54, 1.807) is 26.5 Å². The van der Waals surface area contributed by atoms with Crippen LogP contribution in [0.5, 0.6) is 11.5 Å². The van der Waals surface area contributed by atoms with Crippen LogP contribution in [0.4, 0.5) is 5.69 Å². The minimum Gasteiger partial charge on any atom is -0.493 e. The molecule has 1 aromatic heterocycles. The number of nitrogens with one attached hydrogen (secondary N) is 1. The summed E-state index contributed by atoms with van der Waals surface area (Å²) in [6.07, 6.45) is 1.71. The van der Waals surface area contributed by atoms with Crippen LogP contribution in [0.2, 0.25) is 0 Å². The Balaban J connectivity index is 2.21. The van der Waals surface area contributed by atoms with Gasteiger partial charge in [0.2, 0.25) is 0 Å². The Kier molecular flexibility index (Phi) is 4.84. The molecule has 0 fully saturated rings. The van der Waals surface area contributed by atoms with Crippen molar-refractivity contribution in [2.75, 3.05) is 19.5 Å². The monoisotopic (exact) mass is 336 g/mol. The third-order valence-corrected chi connectivity index (χ3v) is 3.94. The minimum atomic E-state index is 0.567. The molecule has 2 aromatic rings. The second-order valence-corrected chi connectivity index (χ2v) is 5.11. The summed E-state index contributed by atoms with van der Waals surface area (Å²) in [6.45, 7) is 2.63. The van der Waals surface area contributed by atoms with Gasteiger partial charge < -0.3 is 14.8 Å². The van der Waals surface area contributed by atoms with Crippen molar-refractivity contribution in [1.29, 1.82) is 0 Å². The molecule has 0 spiro atoms. The number of aromatic nitrogens is 1. The third kappa shape index (κ3) is 3.04. The Bertz CT molecular complexity index is 602. The van der Waals surface area contributed by atoms with E-state index in [9.17, 15) is 0 Å². The molecule has 20 heavy (non-hydrogen) atoms. The van der Waals surface area contributed by atoms with E-state index >= 15 is 0 Å². The summed E-state index contributed by atoms with van der Waals surface area (Å²) in [4.78, 5) is 4.35. The van der Waals surface area contributed by atoms with E-state index in [1.807, 2.05) is 18.2 Å². The fourth-order valence-electron chi connectivity index (χ4n) is 1.95. The van der Waals surface area contributed by atoms with Crippen LogP contribution in [0, 0.1) is 6.92 Å². The maximum Gasteiger partial charge on any atom is 0.184 e. The van der Waals surface area contributed by atoms with Crippen LogP contribution in [0.1, 0.15) is 11.3 Å². The van der Waals surface area contributed by atoms with E-state index in [4.69, 9.17) is 9.47 Å². The van der Waals surface area contributed by atoms with Crippen molar-refractivity contribution in [3.8, 4) is 11.5 Å². The normalized spacial score (nSPS) is 10.2. The van der Waals surface area contributed by atoms with Gasteiger partial charge in [-0.2, -0.15) is 0 Å². The highest BCUT2D eigenvalue weighted by Crippen LogP contribution is 2.30. The lowest BCUT2D eigenvalue weighted by Gasteiger charge is -2.14. The lowest BCUT2D eigenvalue weighted by Crippen LogP contribution is -2.06. The number of hydrogen-bond acceptors (Lipinski definition) is 4. The predicted molar refractivity (Wildman–Crippen MR) is 83.5 cm³/mol. The molecule has 106 valence electrons. The smallest absolute Gasteiger partial charge is 0.184 e. The number of anilines is 1. The van der Waals surface area contributed by atoms with Gasteiger partial charge in [0.25, 0.3) is 0 Å². The van der Waals surface area contributed by atoms with Gasteiger partial charge in [-0.05, 0) is 24.6 Å². The van der Waals surface area contributed by atoms with E-state index in [0.29, 0.717) is 18.0 Å². The van der Waals surface area contributed by atoms with E-state index in [0.717, 1.165) is 21.4 Å². The molecule has 2 rings (SSSR count). The summed E-state index contributed by atoms with van der Waals surface area (Å²) in [5.74, 6) is 1.35. The first-order chi connectivity index (χ1) is 9.67. The van der Waals surface area contributed by atoms with Gasteiger partial charge in [-0.15, -0.1) is 0 Å². The average molecular weight is 337 g/mol. The zero-order valence-corrected chi connectivity index (χ0v) is 13.3. The number of rotatable bonds is 5. The van der Waals surface area contributed by atoms with Crippen molar-refractivity contribution in [2.24, 2.45) is 0 Å². The second kappa shape index (κ2) is 6.61. The van der Waals surface area contributed by atoms with Crippen LogP contribution in [0.25, 0.3) is 0 Å². The van der Waals surface area contributed by atoms with E-state index in [1.165, 1.54) is 0 Å². The number of benzene rings is 1. The Morgan fingerprint density at radius 2 is 2.00 bits per heavy atom. The van der Waals surface area contributed by atoms with E-state index < -0.39 is 0 Å². The fraction of sp³-hybridized carbons (Fsp3) is 0.267. The first kappa shape index (κ1) is 14.7. The Morgan fingerprint density at radius 1 is 1.20 bits per heavy atom. The lowest BCUT2D eigenvalue weighted by molar-refractivity contribution is 0.350. The molecular weight excluding hydrogens is 320 g/mol. The number of hydrogen-bond donors (Lipinski definition) is 1. The first-order valence-corrected chi connectivity index (χ1v) is 7.01. The van der Waals surface area contributed by atoms with Gasteiger partial charge in [0.05, 0.1) is 20.8 Å². The Hall–Kier alpha value is -1.75. The average Bonchev–Trinajstić information content (AvgIpc) is 2.48. The zero-order chi connectivity index (χ0) is 14.5. The lowest BCUT2D eigenvalue weighted by atomic mass is 10.2. The Morgan fingerprint density at radius 3 is 2.70 bits per heavy atom. The molecular formula is C15H17BrN2O2. The highest BCUT2D eigenvalue weighted by atomic mass is 79.9. The number of pyridine rings is 1. The van der Waals surface area contributed by atoms with Gasteiger partial charge in [-0.3, -0.25) is 4.98 Å². The number of halogens is 1. The molecule has 1 aromatic carbocycles. The van der Waals surface area contributed by atoms with Gasteiger partial charge in [0.1, 0.15) is 5.69 Å². The summed E-state index contributed by atoms with van der Waals surface area (Å²) in [5.41, 5.74) is 3.03. The van der Waals surface area contributed by atoms with Crippen molar-refractivity contribution in [3.63, 3.8) is 0 Å². The van der Waals surface area contributed by atoms with Crippen molar-refractivity contribution >= 4 is 21.6 Å². The number of methoxy groups -OCH3 is 2. The summed E-state index contributed by atoms with van der Waals surface area (Å²) >= 11 is 3.52. The third-order valence-electron chi connectivity index (χ3n) is 3.08. The predicted octanol–water partition coefficient (Wildman–Crippen LogP) is 3.78. The van der Waals surface area contributed by atoms with Crippen LogP contribution in [0.15, 0.2) is 34.9 Å². The molecule has 1 N–H and O–H groups in total. The Labute approximate surface area is 127 Å². The largest absolute Gasteiger partial charge is 0.493 e. The van der Waals surface area contributed by atoms with Gasteiger partial charge >= 0.3 is 0 Å². The summed E-state index contributed by atoms with van der Waals surface area (Å²) in [7, 11) is 3.24. The van der Waals surface area contributed by atoms with Crippen LogP contribution in [-0.4, -0.2) is 19.2 Å². The standard InChI is InChI=1S/C15H17BrN2O2/c1-10-11(16)5-4-6-12(10)18-9-13-15(20-3)14(19-2)7-8-17-13/h4-8,18H,9H2,1-3H3. The molecule has 1 heterocycles. The van der Waals surface area contributed by atoms with Crippen LogP contribution in [-0.2, 0) is 6.54 Å². The second-order valence-electron chi connectivity index (χ2n) is 4.26. The molecule has 0 saturated heterocycles. The molecule has 4 nitrogen and oxygen atoms in total. The first-order valence-electron chi connectivity index (χ1n) is 6.22. The molecule has 0 radical (unpaired) electrons. The van der Waals surface area contributed by atoms with Crippen LogP contribution < -0.4 is 14.8 Å². The van der Waals surface area contributed by atoms with Gasteiger partial charge in [-0.1, -0.05) is 22.0 Å². The SMILES string of the molecule is COc1ccnc(CNc2cccc(Br)c2C)c1OC. The van der Waals surface area contributed by atoms with Gasteiger partial charge in [0.15, 0.2) is 11.5 Å². The fourth-order valence-corrected chi connectivity index (χ4v) is 2.32. The van der Waals surface area contributed by atoms with Crippen molar-refractivity contribution < 1.29 is 9.47 Å². The summed E-state index contributed by atoms with van der Waals surface area (Å²) in [5, 5.41) is 3.37. The molecule has 0 aliphatic heterocycles. The van der Waals surface area contributed by atoms with E-state index in [2.05, 4.69) is 33.2 Å². The maximum atomic E-state index is 5.37. The molecule has 0 bridgehead atoms. The zero-order valence-electron chi connectivity index (χ0n) is 11.7. The number of nitrogens with zero attached hydrogens (tertiary/aromatic N) is 1. The topological polar surface area (TPSA) is 43.4 Å². The number of ether oxygens (including phenoxy) is 2. The van der Waals surface area contributed by atoms with Gasteiger partial charge in [0, 0.05) is 22.4 Å². The highest BCUT2D eigenvalue weighted by molar-refractivity contribution is 9.10. The molecule has 0 amide bonds. The van der Waals surface area contributed by atoms with Crippen molar-refractivity contribution in [1.82, 2.24) is 4.98 Å². The highest BCUT2D eigenvalue weighted by Gasteiger charge is 2.11. The minimum absolute atomic E-state index is 0.567. The molecule has 0 atom stereocenters. The maximum absolute atomic E-state index is 5.37. The quantitative estimate of drug-likeness (QED) is 0.902. The summed E-state index contributed by atoms with van der Waals surface area (Å²) in [6, 6.07) is 7.83.